The standard InChI is InChI=1S/C17H16ClNO2/c1-17(2)11-20-16(19-17)13-9-6-10-14(15(13)18)21-12-7-4-3-5-8-12/h3-10H,11H2,1-2H3. The number of halogens is 1. The van der Waals surface area contributed by atoms with Gasteiger partial charge in [0.15, 0.2) is 0 Å². The molecule has 21 heavy (non-hydrogen) atoms. The van der Waals surface area contributed by atoms with Crippen molar-refractivity contribution in [2.24, 2.45) is 4.99 Å². The van der Waals surface area contributed by atoms with Crippen LogP contribution in [0.1, 0.15) is 19.4 Å². The summed E-state index contributed by atoms with van der Waals surface area (Å²) in [4.78, 5) is 4.55. The van der Waals surface area contributed by atoms with E-state index in [1.54, 1.807) is 0 Å². The Hall–Kier alpha value is -2.00. The summed E-state index contributed by atoms with van der Waals surface area (Å²) in [5.41, 5.74) is 0.547. The Morgan fingerprint density at radius 3 is 2.52 bits per heavy atom. The Morgan fingerprint density at radius 1 is 1.10 bits per heavy atom. The monoisotopic (exact) mass is 301 g/mol. The van der Waals surface area contributed by atoms with E-state index in [-0.39, 0.29) is 5.54 Å². The van der Waals surface area contributed by atoms with Crippen LogP contribution in [-0.4, -0.2) is 18.0 Å². The van der Waals surface area contributed by atoms with Gasteiger partial charge in [0.1, 0.15) is 18.1 Å². The molecule has 2 aromatic carbocycles. The molecule has 3 rings (SSSR count). The van der Waals surface area contributed by atoms with Gasteiger partial charge in [0.2, 0.25) is 5.90 Å². The number of rotatable bonds is 3. The van der Waals surface area contributed by atoms with Gasteiger partial charge < -0.3 is 9.47 Å². The van der Waals surface area contributed by atoms with E-state index in [2.05, 4.69) is 4.99 Å². The smallest absolute Gasteiger partial charge is 0.218 e. The van der Waals surface area contributed by atoms with Crippen molar-refractivity contribution in [3.8, 4) is 11.5 Å². The van der Waals surface area contributed by atoms with E-state index in [1.165, 1.54) is 0 Å². The fourth-order valence-electron chi connectivity index (χ4n) is 2.09. The van der Waals surface area contributed by atoms with Crippen molar-refractivity contribution in [2.75, 3.05) is 6.61 Å². The van der Waals surface area contributed by atoms with Crippen molar-refractivity contribution in [3.05, 3.63) is 59.1 Å². The van der Waals surface area contributed by atoms with Crippen LogP contribution in [0.5, 0.6) is 11.5 Å². The average molecular weight is 302 g/mol. The number of para-hydroxylation sites is 1. The summed E-state index contributed by atoms with van der Waals surface area (Å²) in [6, 6.07) is 15.1. The second-order valence-corrected chi connectivity index (χ2v) is 5.93. The molecule has 0 spiro atoms. The molecule has 0 saturated carbocycles. The molecular formula is C17H16ClNO2. The van der Waals surface area contributed by atoms with Crippen molar-refractivity contribution in [1.29, 1.82) is 0 Å². The molecule has 0 atom stereocenters. The zero-order chi connectivity index (χ0) is 14.9. The van der Waals surface area contributed by atoms with E-state index in [1.807, 2.05) is 62.4 Å². The van der Waals surface area contributed by atoms with E-state index < -0.39 is 0 Å². The van der Waals surface area contributed by atoms with Crippen molar-refractivity contribution >= 4 is 17.5 Å². The first kappa shape index (κ1) is 14.0. The third-order valence-corrected chi connectivity index (χ3v) is 3.52. The molecule has 0 fully saturated rings. The molecule has 0 amide bonds. The summed E-state index contributed by atoms with van der Waals surface area (Å²) in [5, 5.41) is 0.512. The van der Waals surface area contributed by atoms with Gasteiger partial charge in [0, 0.05) is 0 Å². The van der Waals surface area contributed by atoms with Crippen LogP contribution in [0.3, 0.4) is 0 Å². The number of hydrogen-bond donors (Lipinski definition) is 0. The van der Waals surface area contributed by atoms with Gasteiger partial charge in [-0.25, -0.2) is 4.99 Å². The SMILES string of the molecule is CC1(C)COC(c2cccc(Oc3ccccc3)c2Cl)=N1. The molecule has 1 heterocycles. The van der Waals surface area contributed by atoms with E-state index in [4.69, 9.17) is 21.1 Å². The van der Waals surface area contributed by atoms with E-state index >= 15 is 0 Å². The van der Waals surface area contributed by atoms with Crippen LogP contribution in [0.15, 0.2) is 53.5 Å². The van der Waals surface area contributed by atoms with Gasteiger partial charge >= 0.3 is 0 Å². The third kappa shape index (κ3) is 3.03. The predicted molar refractivity (Wildman–Crippen MR) is 84.5 cm³/mol. The summed E-state index contributed by atoms with van der Waals surface area (Å²) in [6.45, 7) is 4.61. The zero-order valence-corrected chi connectivity index (χ0v) is 12.7. The highest BCUT2D eigenvalue weighted by Crippen LogP contribution is 2.34. The van der Waals surface area contributed by atoms with Gasteiger partial charge in [-0.1, -0.05) is 35.9 Å². The maximum atomic E-state index is 6.45. The van der Waals surface area contributed by atoms with Crippen LogP contribution >= 0.6 is 11.6 Å². The lowest BCUT2D eigenvalue weighted by Crippen LogP contribution is -2.17. The fraction of sp³-hybridized carbons (Fsp3) is 0.235. The highest BCUT2D eigenvalue weighted by atomic mass is 35.5. The molecular weight excluding hydrogens is 286 g/mol. The number of nitrogens with zero attached hydrogens (tertiary/aromatic N) is 1. The van der Waals surface area contributed by atoms with Crippen molar-refractivity contribution in [3.63, 3.8) is 0 Å². The summed E-state index contributed by atoms with van der Waals surface area (Å²) in [7, 11) is 0. The fourth-order valence-corrected chi connectivity index (χ4v) is 2.34. The first-order valence-corrected chi connectivity index (χ1v) is 7.17. The molecule has 4 heteroatoms. The van der Waals surface area contributed by atoms with Crippen molar-refractivity contribution < 1.29 is 9.47 Å². The maximum Gasteiger partial charge on any atom is 0.218 e. The molecule has 0 radical (unpaired) electrons. The molecule has 0 saturated heterocycles. The Bertz CT molecular complexity index is 680. The molecule has 1 aliphatic rings. The molecule has 0 aromatic heterocycles. The van der Waals surface area contributed by atoms with Crippen LogP contribution < -0.4 is 4.74 Å². The van der Waals surface area contributed by atoms with Gasteiger partial charge in [-0.05, 0) is 38.1 Å². The van der Waals surface area contributed by atoms with Crippen LogP contribution in [0.4, 0.5) is 0 Å². The van der Waals surface area contributed by atoms with Gasteiger partial charge in [-0.3, -0.25) is 0 Å². The lowest BCUT2D eigenvalue weighted by molar-refractivity contribution is 0.279. The molecule has 3 nitrogen and oxygen atoms in total. The highest BCUT2D eigenvalue weighted by Gasteiger charge is 2.28. The lowest BCUT2D eigenvalue weighted by atomic mass is 10.1. The molecule has 1 aliphatic heterocycles. The first-order chi connectivity index (χ1) is 10.1. The summed E-state index contributed by atoms with van der Waals surface area (Å²) in [5.74, 6) is 1.91. The number of benzene rings is 2. The van der Waals surface area contributed by atoms with Crippen LogP contribution in [0.2, 0.25) is 5.02 Å². The van der Waals surface area contributed by atoms with Crippen LogP contribution in [-0.2, 0) is 4.74 Å². The van der Waals surface area contributed by atoms with Gasteiger partial charge in [0.05, 0.1) is 16.1 Å². The highest BCUT2D eigenvalue weighted by molar-refractivity contribution is 6.35. The van der Waals surface area contributed by atoms with E-state index in [0.717, 1.165) is 11.3 Å². The van der Waals surface area contributed by atoms with Crippen LogP contribution in [0, 0.1) is 0 Å². The summed E-state index contributed by atoms with van der Waals surface area (Å²) < 4.78 is 11.5. The summed E-state index contributed by atoms with van der Waals surface area (Å²) in [6.07, 6.45) is 0. The normalized spacial score (nSPS) is 16.2. The molecule has 108 valence electrons. The number of aliphatic imine (C=N–C) groups is 1. The third-order valence-electron chi connectivity index (χ3n) is 3.13. The van der Waals surface area contributed by atoms with Crippen molar-refractivity contribution in [1.82, 2.24) is 0 Å². The maximum absolute atomic E-state index is 6.45. The predicted octanol–water partition coefficient (Wildman–Crippen LogP) is 4.69. The van der Waals surface area contributed by atoms with E-state index in [0.29, 0.717) is 23.3 Å². The molecule has 2 aromatic rings. The number of ether oxygens (including phenoxy) is 2. The topological polar surface area (TPSA) is 30.8 Å². The molecule has 0 bridgehead atoms. The second kappa shape index (κ2) is 5.41. The molecule has 0 aliphatic carbocycles. The minimum atomic E-state index is -0.213. The zero-order valence-electron chi connectivity index (χ0n) is 12.0. The quantitative estimate of drug-likeness (QED) is 0.823. The molecule has 0 N–H and O–H groups in total. The Morgan fingerprint density at radius 2 is 1.86 bits per heavy atom. The Kier molecular flexibility index (Phi) is 3.60. The van der Waals surface area contributed by atoms with Crippen LogP contribution in [0.25, 0.3) is 0 Å². The van der Waals surface area contributed by atoms with Crippen molar-refractivity contribution in [2.45, 2.75) is 19.4 Å². The average Bonchev–Trinajstić information content (AvgIpc) is 2.82. The first-order valence-electron chi connectivity index (χ1n) is 6.80. The van der Waals surface area contributed by atoms with Gasteiger partial charge in [0.25, 0.3) is 0 Å². The lowest BCUT2D eigenvalue weighted by Gasteiger charge is -2.10. The Balaban J connectivity index is 1.93. The summed E-state index contributed by atoms with van der Waals surface area (Å²) >= 11 is 6.45. The second-order valence-electron chi connectivity index (χ2n) is 5.55. The largest absolute Gasteiger partial charge is 0.475 e. The van der Waals surface area contributed by atoms with Gasteiger partial charge in [-0.2, -0.15) is 0 Å². The van der Waals surface area contributed by atoms with Gasteiger partial charge in [-0.15, -0.1) is 0 Å². The minimum absolute atomic E-state index is 0.213. The van der Waals surface area contributed by atoms with E-state index in [9.17, 15) is 0 Å². The minimum Gasteiger partial charge on any atom is -0.475 e. The number of hydrogen-bond acceptors (Lipinski definition) is 3. The molecule has 0 unspecified atom stereocenters. The Labute approximate surface area is 129 Å².